The van der Waals surface area contributed by atoms with E-state index in [2.05, 4.69) is 5.32 Å². The van der Waals surface area contributed by atoms with Crippen molar-refractivity contribution in [2.45, 2.75) is 13.0 Å². The highest BCUT2D eigenvalue weighted by Gasteiger charge is 2.10. The maximum atomic E-state index is 10.7. The van der Waals surface area contributed by atoms with Crippen LogP contribution in [0.5, 0.6) is 0 Å². The fraction of sp³-hybridized carbons (Fsp3) is 0.235. The number of ether oxygens (including phenoxy) is 1. The molecule has 0 aliphatic carbocycles. The van der Waals surface area contributed by atoms with Crippen molar-refractivity contribution in [1.82, 2.24) is 0 Å². The first kappa shape index (κ1) is 16.5. The lowest BCUT2D eigenvalue weighted by molar-refractivity contribution is -0.384. The molecule has 0 amide bonds. The molecule has 0 fully saturated rings. The number of rotatable bonds is 8. The van der Waals surface area contributed by atoms with E-state index in [9.17, 15) is 10.1 Å². The zero-order valence-corrected chi connectivity index (χ0v) is 12.6. The van der Waals surface area contributed by atoms with Crippen LogP contribution in [0.1, 0.15) is 17.5 Å². The Balaban J connectivity index is 1.74. The van der Waals surface area contributed by atoms with Crippen LogP contribution in [0.25, 0.3) is 0 Å². The minimum absolute atomic E-state index is 0.0849. The molecule has 0 spiro atoms. The Kier molecular flexibility index (Phi) is 6.09. The molecule has 6 heteroatoms. The number of hydrogen-bond donors (Lipinski definition) is 1. The largest absolute Gasteiger partial charge is 0.384 e. The van der Waals surface area contributed by atoms with Crippen LogP contribution in [-0.2, 0) is 11.3 Å². The molecule has 2 aromatic rings. The zero-order valence-electron chi connectivity index (χ0n) is 12.6. The Labute approximate surface area is 134 Å². The lowest BCUT2D eigenvalue weighted by Crippen LogP contribution is -2.07. The maximum Gasteiger partial charge on any atom is 0.270 e. The summed E-state index contributed by atoms with van der Waals surface area (Å²) in [5.41, 5.74) is 1.91. The van der Waals surface area contributed by atoms with E-state index in [0.717, 1.165) is 12.0 Å². The van der Waals surface area contributed by atoms with Gasteiger partial charge in [0.15, 0.2) is 0 Å². The molecule has 23 heavy (non-hydrogen) atoms. The first-order valence-electron chi connectivity index (χ1n) is 7.25. The van der Waals surface area contributed by atoms with E-state index in [-0.39, 0.29) is 11.3 Å². The van der Waals surface area contributed by atoms with Gasteiger partial charge in [0, 0.05) is 25.3 Å². The fourth-order valence-corrected chi connectivity index (χ4v) is 2.05. The first-order valence-corrected chi connectivity index (χ1v) is 7.25. The summed E-state index contributed by atoms with van der Waals surface area (Å²) in [5, 5.41) is 22.8. The van der Waals surface area contributed by atoms with Crippen LogP contribution in [-0.4, -0.2) is 18.1 Å². The topological polar surface area (TPSA) is 88.2 Å². The number of non-ortho nitro benzene ring substituents is 1. The van der Waals surface area contributed by atoms with Gasteiger partial charge in [-0.25, -0.2) is 0 Å². The number of nitro groups is 1. The van der Waals surface area contributed by atoms with Gasteiger partial charge < -0.3 is 10.1 Å². The van der Waals surface area contributed by atoms with Crippen molar-refractivity contribution in [2.75, 3.05) is 18.5 Å². The van der Waals surface area contributed by atoms with Gasteiger partial charge in [-0.1, -0.05) is 30.3 Å². The SMILES string of the molecule is N#Cc1cc([N+](=O)[O-])ccc1NCCCOCc1ccccc1. The highest BCUT2D eigenvalue weighted by molar-refractivity contribution is 5.61. The van der Waals surface area contributed by atoms with Gasteiger partial charge in [0.05, 0.1) is 22.8 Å². The second-order valence-corrected chi connectivity index (χ2v) is 4.92. The van der Waals surface area contributed by atoms with Gasteiger partial charge in [0.1, 0.15) is 6.07 Å². The van der Waals surface area contributed by atoms with E-state index >= 15 is 0 Å². The van der Waals surface area contributed by atoms with Crippen LogP contribution < -0.4 is 5.32 Å². The summed E-state index contributed by atoms with van der Waals surface area (Å²) in [6, 6.07) is 16.1. The normalized spacial score (nSPS) is 10.0. The quantitative estimate of drug-likeness (QED) is 0.458. The molecule has 0 aromatic heterocycles. The van der Waals surface area contributed by atoms with Crippen LogP contribution in [0.3, 0.4) is 0 Å². The van der Waals surface area contributed by atoms with Crippen molar-refractivity contribution in [3.8, 4) is 6.07 Å². The Morgan fingerprint density at radius 3 is 2.70 bits per heavy atom. The molecule has 6 nitrogen and oxygen atoms in total. The van der Waals surface area contributed by atoms with Crippen LogP contribution >= 0.6 is 0 Å². The monoisotopic (exact) mass is 311 g/mol. The second kappa shape index (κ2) is 8.51. The molecule has 0 saturated heterocycles. The molecule has 0 heterocycles. The summed E-state index contributed by atoms with van der Waals surface area (Å²) in [4.78, 5) is 10.2. The van der Waals surface area contributed by atoms with Crippen molar-refractivity contribution in [3.05, 3.63) is 69.8 Å². The van der Waals surface area contributed by atoms with Crippen molar-refractivity contribution < 1.29 is 9.66 Å². The maximum absolute atomic E-state index is 10.7. The molecule has 2 rings (SSSR count). The van der Waals surface area contributed by atoms with E-state index < -0.39 is 4.92 Å². The van der Waals surface area contributed by atoms with E-state index in [4.69, 9.17) is 10.00 Å². The minimum Gasteiger partial charge on any atom is -0.384 e. The molecule has 0 bridgehead atoms. The summed E-state index contributed by atoms with van der Waals surface area (Å²) in [7, 11) is 0. The molecule has 2 aromatic carbocycles. The third kappa shape index (κ3) is 5.09. The zero-order chi connectivity index (χ0) is 16.5. The van der Waals surface area contributed by atoms with E-state index in [1.165, 1.54) is 12.1 Å². The van der Waals surface area contributed by atoms with Crippen LogP contribution in [0.2, 0.25) is 0 Å². The van der Waals surface area contributed by atoms with Gasteiger partial charge in [0.2, 0.25) is 0 Å². The van der Waals surface area contributed by atoms with Gasteiger partial charge in [-0.15, -0.1) is 0 Å². The Morgan fingerprint density at radius 1 is 1.22 bits per heavy atom. The van der Waals surface area contributed by atoms with Crippen molar-refractivity contribution >= 4 is 11.4 Å². The number of nitro benzene ring substituents is 1. The van der Waals surface area contributed by atoms with Gasteiger partial charge in [-0.2, -0.15) is 5.26 Å². The summed E-state index contributed by atoms with van der Waals surface area (Å²) in [5.74, 6) is 0. The molecular formula is C17H17N3O3. The molecule has 118 valence electrons. The van der Waals surface area contributed by atoms with Gasteiger partial charge in [-0.3, -0.25) is 10.1 Å². The van der Waals surface area contributed by atoms with Crippen LogP contribution in [0.15, 0.2) is 48.5 Å². The number of nitrogens with one attached hydrogen (secondary N) is 1. The molecular weight excluding hydrogens is 294 g/mol. The third-order valence-electron chi connectivity index (χ3n) is 3.23. The standard InChI is InChI=1S/C17H17N3O3/c18-12-15-11-16(20(21)22)7-8-17(15)19-9-4-10-23-13-14-5-2-1-3-6-14/h1-3,5-8,11,19H,4,9-10,13H2. The molecule has 0 radical (unpaired) electrons. The third-order valence-corrected chi connectivity index (χ3v) is 3.23. The van der Waals surface area contributed by atoms with Gasteiger partial charge in [0.25, 0.3) is 5.69 Å². The van der Waals surface area contributed by atoms with E-state index in [1.54, 1.807) is 6.07 Å². The van der Waals surface area contributed by atoms with E-state index in [1.807, 2.05) is 36.4 Å². The van der Waals surface area contributed by atoms with Gasteiger partial charge >= 0.3 is 0 Å². The Morgan fingerprint density at radius 2 is 2.00 bits per heavy atom. The summed E-state index contributed by atoms with van der Waals surface area (Å²) < 4.78 is 5.57. The summed E-state index contributed by atoms with van der Waals surface area (Å²) in [6.07, 6.45) is 0.773. The first-order chi connectivity index (χ1) is 11.2. The highest BCUT2D eigenvalue weighted by atomic mass is 16.6. The predicted molar refractivity (Wildman–Crippen MR) is 87.0 cm³/mol. The average Bonchev–Trinajstić information content (AvgIpc) is 2.58. The second-order valence-electron chi connectivity index (χ2n) is 4.92. The molecule has 0 saturated carbocycles. The van der Waals surface area contributed by atoms with Crippen molar-refractivity contribution in [1.29, 1.82) is 5.26 Å². The number of nitrogens with zero attached hydrogens (tertiary/aromatic N) is 2. The number of hydrogen-bond acceptors (Lipinski definition) is 5. The molecule has 0 aliphatic heterocycles. The van der Waals surface area contributed by atoms with Crippen LogP contribution in [0, 0.1) is 21.4 Å². The van der Waals surface area contributed by atoms with Crippen molar-refractivity contribution in [2.24, 2.45) is 0 Å². The predicted octanol–water partition coefficient (Wildman–Crippen LogP) is 3.49. The van der Waals surface area contributed by atoms with Crippen LogP contribution in [0.4, 0.5) is 11.4 Å². The number of nitriles is 1. The van der Waals surface area contributed by atoms with Gasteiger partial charge in [-0.05, 0) is 18.1 Å². The molecule has 0 atom stereocenters. The summed E-state index contributed by atoms with van der Waals surface area (Å²) >= 11 is 0. The minimum atomic E-state index is -0.512. The Bertz CT molecular complexity index is 696. The van der Waals surface area contributed by atoms with Crippen molar-refractivity contribution in [3.63, 3.8) is 0 Å². The molecule has 1 N–H and O–H groups in total. The average molecular weight is 311 g/mol. The smallest absolute Gasteiger partial charge is 0.270 e. The summed E-state index contributed by atoms with van der Waals surface area (Å²) in [6.45, 7) is 1.79. The number of benzene rings is 2. The Hall–Kier alpha value is -2.91. The number of anilines is 1. The molecule has 0 unspecified atom stereocenters. The lowest BCUT2D eigenvalue weighted by atomic mass is 10.1. The highest BCUT2D eigenvalue weighted by Crippen LogP contribution is 2.21. The lowest BCUT2D eigenvalue weighted by Gasteiger charge is -2.08. The fourth-order valence-electron chi connectivity index (χ4n) is 2.05. The molecule has 0 aliphatic rings. The van der Waals surface area contributed by atoms with E-state index in [0.29, 0.717) is 25.4 Å².